The summed E-state index contributed by atoms with van der Waals surface area (Å²) in [6.45, 7) is 1.84. The number of nitrogens with one attached hydrogen (secondary N) is 2. The average molecular weight is 402 g/mol. The lowest BCUT2D eigenvalue weighted by Gasteiger charge is -2.33. The number of aromatic nitrogens is 2. The third-order valence-electron chi connectivity index (χ3n) is 5.72. The molecule has 2 aromatic rings. The highest BCUT2D eigenvalue weighted by molar-refractivity contribution is 5.96. The predicted molar refractivity (Wildman–Crippen MR) is 115 cm³/mol. The maximum atomic E-state index is 12.9. The summed E-state index contributed by atoms with van der Waals surface area (Å²) < 4.78 is 0. The zero-order valence-electron chi connectivity index (χ0n) is 17.2. The summed E-state index contributed by atoms with van der Waals surface area (Å²) in [5.74, 6) is 7.11. The normalized spacial score (nSPS) is 17.4. The molecule has 0 spiro atoms. The van der Waals surface area contributed by atoms with E-state index in [1.54, 1.807) is 30.6 Å². The summed E-state index contributed by atoms with van der Waals surface area (Å²) in [5, 5.41) is 6.02. The zero-order valence-corrected chi connectivity index (χ0v) is 17.2. The molecule has 2 heterocycles. The van der Waals surface area contributed by atoms with Gasteiger partial charge in [-0.2, -0.15) is 0 Å². The van der Waals surface area contributed by atoms with E-state index in [4.69, 9.17) is 0 Å². The molecule has 2 aliphatic rings. The van der Waals surface area contributed by atoms with Gasteiger partial charge in [-0.3, -0.25) is 14.6 Å². The van der Waals surface area contributed by atoms with Gasteiger partial charge in [-0.15, -0.1) is 0 Å². The number of anilines is 1. The molecule has 2 saturated carbocycles. The summed E-state index contributed by atoms with van der Waals surface area (Å²) >= 11 is 0. The molecule has 2 N–H and O–H groups in total. The quantitative estimate of drug-likeness (QED) is 0.765. The second-order valence-corrected chi connectivity index (χ2v) is 8.18. The first-order valence-corrected chi connectivity index (χ1v) is 10.6. The number of carbonyl (C=O) groups excluding carboxylic acids is 2. The summed E-state index contributed by atoms with van der Waals surface area (Å²) in [4.78, 5) is 33.3. The SMILES string of the molecule is Cc1ncccc1C(=O)NC1(C#Cc2ccc(NC(=O)C3CC3)nc2)CCCCC1. The molecule has 0 saturated heterocycles. The maximum Gasteiger partial charge on any atom is 0.254 e. The fraction of sp³-hybridized carbons (Fsp3) is 0.417. The van der Waals surface area contributed by atoms with Gasteiger partial charge in [-0.05, 0) is 56.9 Å². The van der Waals surface area contributed by atoms with Gasteiger partial charge in [0, 0.05) is 29.6 Å². The average Bonchev–Trinajstić information content (AvgIpc) is 3.60. The Balaban J connectivity index is 1.49. The molecule has 0 radical (unpaired) electrons. The molecule has 6 nitrogen and oxygen atoms in total. The van der Waals surface area contributed by atoms with Crippen molar-refractivity contribution in [1.82, 2.24) is 15.3 Å². The van der Waals surface area contributed by atoms with E-state index < -0.39 is 5.54 Å². The van der Waals surface area contributed by atoms with E-state index in [0.717, 1.165) is 50.5 Å². The van der Waals surface area contributed by atoms with Crippen LogP contribution in [0.15, 0.2) is 36.7 Å². The van der Waals surface area contributed by atoms with Gasteiger partial charge in [-0.1, -0.05) is 31.1 Å². The molecule has 2 aromatic heterocycles. The Labute approximate surface area is 176 Å². The maximum absolute atomic E-state index is 12.9. The van der Waals surface area contributed by atoms with Gasteiger partial charge in [0.25, 0.3) is 5.91 Å². The van der Waals surface area contributed by atoms with E-state index >= 15 is 0 Å². The fourth-order valence-corrected chi connectivity index (χ4v) is 3.75. The Hall–Kier alpha value is -3.20. The second kappa shape index (κ2) is 8.66. The molecule has 0 aliphatic heterocycles. The van der Waals surface area contributed by atoms with Crippen LogP contribution in [0.1, 0.15) is 66.6 Å². The molecular weight excluding hydrogens is 376 g/mol. The number of nitrogens with zero attached hydrogens (tertiary/aromatic N) is 2. The topological polar surface area (TPSA) is 84.0 Å². The Kier molecular flexibility index (Phi) is 5.80. The summed E-state index contributed by atoms with van der Waals surface area (Å²) in [7, 11) is 0. The summed E-state index contributed by atoms with van der Waals surface area (Å²) in [6.07, 6.45) is 10.1. The first kappa shape index (κ1) is 20.1. The predicted octanol–water partition coefficient (Wildman–Crippen LogP) is 3.62. The smallest absolute Gasteiger partial charge is 0.254 e. The van der Waals surface area contributed by atoms with Gasteiger partial charge in [0.05, 0.1) is 5.56 Å². The molecule has 0 aromatic carbocycles. The van der Waals surface area contributed by atoms with Crippen LogP contribution in [-0.2, 0) is 4.79 Å². The first-order chi connectivity index (χ1) is 14.5. The highest BCUT2D eigenvalue weighted by atomic mass is 16.2. The van der Waals surface area contributed by atoms with E-state index in [2.05, 4.69) is 32.4 Å². The van der Waals surface area contributed by atoms with Gasteiger partial charge < -0.3 is 10.6 Å². The van der Waals surface area contributed by atoms with Crippen LogP contribution in [0.25, 0.3) is 0 Å². The van der Waals surface area contributed by atoms with E-state index in [9.17, 15) is 9.59 Å². The van der Waals surface area contributed by atoms with Crippen LogP contribution >= 0.6 is 0 Å². The molecular formula is C24H26N4O2. The van der Waals surface area contributed by atoms with Crippen LogP contribution in [-0.4, -0.2) is 27.3 Å². The molecule has 0 atom stereocenters. The Morgan fingerprint density at radius 1 is 1.10 bits per heavy atom. The van der Waals surface area contributed by atoms with Crippen LogP contribution < -0.4 is 10.6 Å². The van der Waals surface area contributed by atoms with Crippen molar-refractivity contribution in [3.05, 3.63) is 53.5 Å². The fourth-order valence-electron chi connectivity index (χ4n) is 3.75. The Morgan fingerprint density at radius 3 is 2.57 bits per heavy atom. The van der Waals surface area contributed by atoms with Crippen LogP contribution in [0, 0.1) is 24.7 Å². The van der Waals surface area contributed by atoms with Crippen molar-refractivity contribution in [2.45, 2.75) is 57.4 Å². The van der Waals surface area contributed by atoms with Crippen molar-refractivity contribution >= 4 is 17.6 Å². The molecule has 6 heteroatoms. The van der Waals surface area contributed by atoms with Gasteiger partial charge in [0.15, 0.2) is 0 Å². The van der Waals surface area contributed by atoms with Gasteiger partial charge >= 0.3 is 0 Å². The molecule has 4 rings (SSSR count). The van der Waals surface area contributed by atoms with E-state index in [0.29, 0.717) is 17.1 Å². The molecule has 0 bridgehead atoms. The number of rotatable bonds is 4. The van der Waals surface area contributed by atoms with Gasteiger partial charge in [-0.25, -0.2) is 4.98 Å². The molecule has 2 amide bonds. The lowest BCUT2D eigenvalue weighted by molar-refractivity contribution is -0.117. The van der Waals surface area contributed by atoms with Crippen molar-refractivity contribution in [3.63, 3.8) is 0 Å². The highest BCUT2D eigenvalue weighted by Gasteiger charge is 2.32. The lowest BCUT2D eigenvalue weighted by atomic mass is 9.81. The first-order valence-electron chi connectivity index (χ1n) is 10.6. The summed E-state index contributed by atoms with van der Waals surface area (Å²) in [5.41, 5.74) is 1.51. The van der Waals surface area contributed by atoms with Crippen LogP contribution in [0.5, 0.6) is 0 Å². The number of pyridine rings is 2. The van der Waals surface area contributed by atoms with E-state index in [1.165, 1.54) is 0 Å². The summed E-state index contributed by atoms with van der Waals surface area (Å²) in [6, 6.07) is 7.19. The minimum absolute atomic E-state index is 0.0379. The second-order valence-electron chi connectivity index (χ2n) is 8.18. The zero-order chi connectivity index (χ0) is 21.0. The third-order valence-corrected chi connectivity index (χ3v) is 5.72. The highest BCUT2D eigenvalue weighted by Crippen LogP contribution is 2.30. The molecule has 0 unspecified atom stereocenters. The number of hydrogen-bond donors (Lipinski definition) is 2. The monoisotopic (exact) mass is 402 g/mol. The van der Waals surface area contributed by atoms with E-state index in [1.807, 2.05) is 13.0 Å². The van der Waals surface area contributed by atoms with Gasteiger partial charge in [0.1, 0.15) is 11.4 Å². The van der Waals surface area contributed by atoms with Crippen LogP contribution in [0.3, 0.4) is 0 Å². The van der Waals surface area contributed by atoms with Crippen molar-refractivity contribution < 1.29 is 9.59 Å². The number of carbonyl (C=O) groups is 2. The Bertz CT molecular complexity index is 994. The Morgan fingerprint density at radius 2 is 1.90 bits per heavy atom. The minimum Gasteiger partial charge on any atom is -0.336 e. The third kappa shape index (κ3) is 4.85. The number of aryl methyl sites for hydroxylation is 1. The number of amides is 2. The lowest BCUT2D eigenvalue weighted by Crippen LogP contribution is -2.49. The van der Waals surface area contributed by atoms with Crippen LogP contribution in [0.2, 0.25) is 0 Å². The number of hydrogen-bond acceptors (Lipinski definition) is 4. The van der Waals surface area contributed by atoms with Gasteiger partial charge in [0.2, 0.25) is 5.91 Å². The molecule has 30 heavy (non-hydrogen) atoms. The van der Waals surface area contributed by atoms with Crippen molar-refractivity contribution in [2.75, 3.05) is 5.32 Å². The molecule has 2 aliphatic carbocycles. The largest absolute Gasteiger partial charge is 0.336 e. The van der Waals surface area contributed by atoms with Crippen molar-refractivity contribution in [2.24, 2.45) is 5.92 Å². The standard InChI is InChI=1S/C24H26N4O2/c1-17-20(6-5-15-25-17)23(30)28-24(12-3-2-4-13-24)14-11-18-7-10-21(26-16-18)27-22(29)19-8-9-19/h5-7,10,15-16,19H,2-4,8-9,12-13H2,1H3,(H,28,30)(H,26,27,29). The van der Waals surface area contributed by atoms with E-state index in [-0.39, 0.29) is 17.7 Å². The van der Waals surface area contributed by atoms with Crippen LogP contribution in [0.4, 0.5) is 5.82 Å². The van der Waals surface area contributed by atoms with Crippen molar-refractivity contribution in [3.8, 4) is 11.8 Å². The minimum atomic E-state index is -0.545. The van der Waals surface area contributed by atoms with Crippen molar-refractivity contribution in [1.29, 1.82) is 0 Å². The molecule has 154 valence electrons. The molecule has 2 fully saturated rings.